The van der Waals surface area contributed by atoms with Crippen molar-refractivity contribution in [3.63, 3.8) is 0 Å². The van der Waals surface area contributed by atoms with Crippen molar-refractivity contribution in [1.29, 1.82) is 0 Å². The molecule has 0 aliphatic heterocycles. The predicted molar refractivity (Wildman–Crippen MR) is 113 cm³/mol. The monoisotopic (exact) mass is 400 g/mol. The van der Waals surface area contributed by atoms with Crippen LogP contribution >= 0.6 is 11.3 Å². The zero-order valence-corrected chi connectivity index (χ0v) is 17.4. The summed E-state index contributed by atoms with van der Waals surface area (Å²) in [5, 5.41) is 2.84. The fourth-order valence-corrected chi connectivity index (χ4v) is 4.77. The molecule has 3 rings (SSSR count). The van der Waals surface area contributed by atoms with E-state index in [9.17, 15) is 9.59 Å². The lowest BCUT2D eigenvalue weighted by Gasteiger charge is -2.20. The quantitative estimate of drug-likeness (QED) is 0.776. The van der Waals surface area contributed by atoms with Crippen molar-refractivity contribution in [3.8, 4) is 5.75 Å². The molecule has 150 valence electrons. The van der Waals surface area contributed by atoms with Crippen molar-refractivity contribution in [1.82, 2.24) is 4.90 Å². The molecular formula is C22H28N2O3S. The number of carbonyl (C=O) groups excluding carboxylic acids is 2. The average Bonchev–Trinajstić information content (AvgIpc) is 3.08. The lowest BCUT2D eigenvalue weighted by atomic mass is 10.00. The van der Waals surface area contributed by atoms with Crippen LogP contribution in [0.15, 0.2) is 30.3 Å². The second-order valence-corrected chi connectivity index (χ2v) is 8.18. The highest BCUT2D eigenvalue weighted by Gasteiger charge is 2.22. The van der Waals surface area contributed by atoms with E-state index in [4.69, 9.17) is 4.74 Å². The number of methoxy groups -OCH3 is 1. The van der Waals surface area contributed by atoms with E-state index in [-0.39, 0.29) is 18.4 Å². The second kappa shape index (κ2) is 9.73. The molecule has 0 spiro atoms. The highest BCUT2D eigenvalue weighted by Crippen LogP contribution is 2.29. The summed E-state index contributed by atoms with van der Waals surface area (Å²) in [4.78, 5) is 29.2. The number of hydrogen-bond donors (Lipinski definition) is 1. The summed E-state index contributed by atoms with van der Waals surface area (Å²) >= 11 is 1.60. The number of aryl methyl sites for hydroxylation is 2. The predicted octanol–water partition coefficient (Wildman–Crippen LogP) is 4.52. The fraction of sp³-hybridized carbons (Fsp3) is 0.455. The third-order valence-electron chi connectivity index (χ3n) is 5.09. The molecule has 1 N–H and O–H groups in total. The highest BCUT2D eigenvalue weighted by atomic mass is 32.1. The smallest absolute Gasteiger partial charge is 0.264 e. The number of hydrogen-bond acceptors (Lipinski definition) is 4. The Bertz CT molecular complexity index is 805. The van der Waals surface area contributed by atoms with E-state index in [0.717, 1.165) is 17.7 Å². The van der Waals surface area contributed by atoms with Crippen LogP contribution in [0, 0.1) is 0 Å². The number of ether oxygens (including phenoxy) is 1. The first kappa shape index (κ1) is 20.4. The Morgan fingerprint density at radius 2 is 1.89 bits per heavy atom. The van der Waals surface area contributed by atoms with Crippen molar-refractivity contribution in [2.75, 3.05) is 25.5 Å². The second-order valence-electron chi connectivity index (χ2n) is 7.04. The summed E-state index contributed by atoms with van der Waals surface area (Å²) in [6.07, 6.45) is 7.04. The van der Waals surface area contributed by atoms with Crippen LogP contribution in [0.4, 0.5) is 5.69 Å². The molecule has 1 aliphatic rings. The van der Waals surface area contributed by atoms with Gasteiger partial charge in [-0.25, -0.2) is 0 Å². The molecule has 0 saturated heterocycles. The first-order chi connectivity index (χ1) is 13.6. The van der Waals surface area contributed by atoms with E-state index in [2.05, 4.69) is 11.4 Å². The van der Waals surface area contributed by atoms with E-state index in [1.807, 2.05) is 19.1 Å². The molecule has 2 amide bonds. The fourth-order valence-electron chi connectivity index (χ4n) is 3.54. The number of nitrogens with zero attached hydrogens (tertiary/aromatic N) is 1. The zero-order chi connectivity index (χ0) is 19.9. The van der Waals surface area contributed by atoms with Crippen molar-refractivity contribution in [2.24, 2.45) is 0 Å². The van der Waals surface area contributed by atoms with Gasteiger partial charge in [0.25, 0.3) is 5.91 Å². The lowest BCUT2D eigenvalue weighted by molar-refractivity contribution is -0.116. The Labute approximate surface area is 170 Å². The Balaban J connectivity index is 1.68. The molecule has 0 saturated carbocycles. The number of likely N-dealkylation sites (N-methyl/N-ethyl adjacent to an activating group) is 1. The van der Waals surface area contributed by atoms with Crippen LogP contribution in [0.1, 0.15) is 52.7 Å². The van der Waals surface area contributed by atoms with Crippen molar-refractivity contribution in [2.45, 2.75) is 45.4 Å². The molecule has 28 heavy (non-hydrogen) atoms. The minimum absolute atomic E-state index is 0.0238. The number of thiophene rings is 1. The van der Waals surface area contributed by atoms with Crippen LogP contribution < -0.4 is 10.1 Å². The summed E-state index contributed by atoms with van der Waals surface area (Å²) in [5.41, 5.74) is 1.93. The third kappa shape index (κ3) is 4.93. The van der Waals surface area contributed by atoms with Gasteiger partial charge in [-0.05, 0) is 56.4 Å². The van der Waals surface area contributed by atoms with E-state index in [1.165, 1.54) is 36.1 Å². The maximum Gasteiger partial charge on any atom is 0.264 e. The SMILES string of the molecule is CCN(CC(=O)Nc1ccccc1OC)C(=O)c1cc2c(s1)CCCCCC2. The highest BCUT2D eigenvalue weighted by molar-refractivity contribution is 7.14. The Hall–Kier alpha value is -2.34. The molecule has 2 aromatic rings. The summed E-state index contributed by atoms with van der Waals surface area (Å²) in [7, 11) is 1.57. The van der Waals surface area contributed by atoms with Crippen LogP contribution in [0.3, 0.4) is 0 Å². The van der Waals surface area contributed by atoms with Gasteiger partial charge >= 0.3 is 0 Å². The molecule has 6 heteroatoms. The number of para-hydroxylation sites is 2. The molecule has 0 unspecified atom stereocenters. The Morgan fingerprint density at radius 1 is 1.14 bits per heavy atom. The molecule has 1 heterocycles. The van der Waals surface area contributed by atoms with Gasteiger partial charge in [-0.1, -0.05) is 25.0 Å². The minimum atomic E-state index is -0.227. The van der Waals surface area contributed by atoms with Gasteiger partial charge < -0.3 is 15.0 Å². The van der Waals surface area contributed by atoms with Crippen LogP contribution in [0.2, 0.25) is 0 Å². The summed E-state index contributed by atoms with van der Waals surface area (Å²) < 4.78 is 5.27. The molecule has 0 bridgehead atoms. The summed E-state index contributed by atoms with van der Waals surface area (Å²) in [6, 6.07) is 9.31. The van der Waals surface area contributed by atoms with Crippen LogP contribution in [0.25, 0.3) is 0 Å². The molecule has 1 aromatic heterocycles. The van der Waals surface area contributed by atoms with Gasteiger partial charge in [0.2, 0.25) is 5.91 Å². The first-order valence-corrected chi connectivity index (χ1v) is 10.8. The largest absolute Gasteiger partial charge is 0.495 e. The lowest BCUT2D eigenvalue weighted by Crippen LogP contribution is -2.37. The molecule has 0 atom stereocenters. The van der Waals surface area contributed by atoms with Gasteiger partial charge in [-0.15, -0.1) is 11.3 Å². The van der Waals surface area contributed by atoms with Gasteiger partial charge in [0, 0.05) is 11.4 Å². The minimum Gasteiger partial charge on any atom is -0.495 e. The van der Waals surface area contributed by atoms with E-state index in [1.54, 1.807) is 35.5 Å². The summed E-state index contributed by atoms with van der Waals surface area (Å²) in [6.45, 7) is 2.41. The molecule has 0 fully saturated rings. The van der Waals surface area contributed by atoms with Crippen molar-refractivity contribution < 1.29 is 14.3 Å². The molecule has 5 nitrogen and oxygen atoms in total. The van der Waals surface area contributed by atoms with Gasteiger partial charge in [0.1, 0.15) is 12.3 Å². The molecule has 1 aliphatic carbocycles. The van der Waals surface area contributed by atoms with Crippen LogP contribution in [0.5, 0.6) is 5.75 Å². The number of rotatable bonds is 6. The third-order valence-corrected chi connectivity index (χ3v) is 6.32. The number of nitrogens with one attached hydrogen (secondary N) is 1. The van der Waals surface area contributed by atoms with E-state index < -0.39 is 0 Å². The van der Waals surface area contributed by atoms with Crippen molar-refractivity contribution >= 4 is 28.8 Å². The number of anilines is 1. The Kier molecular flexibility index (Phi) is 7.09. The molecular weight excluding hydrogens is 372 g/mol. The molecule has 0 radical (unpaired) electrons. The van der Waals surface area contributed by atoms with E-state index >= 15 is 0 Å². The topological polar surface area (TPSA) is 58.6 Å². The first-order valence-electron chi connectivity index (χ1n) is 9.96. The van der Waals surface area contributed by atoms with Gasteiger partial charge in [0.15, 0.2) is 0 Å². The van der Waals surface area contributed by atoms with Crippen molar-refractivity contribution in [3.05, 3.63) is 45.6 Å². The zero-order valence-electron chi connectivity index (χ0n) is 16.6. The number of benzene rings is 1. The maximum absolute atomic E-state index is 13.0. The summed E-state index contributed by atoms with van der Waals surface area (Å²) in [5.74, 6) is 0.312. The van der Waals surface area contributed by atoms with Gasteiger partial charge in [0.05, 0.1) is 17.7 Å². The van der Waals surface area contributed by atoms with Gasteiger partial charge in [-0.3, -0.25) is 9.59 Å². The van der Waals surface area contributed by atoms with Gasteiger partial charge in [-0.2, -0.15) is 0 Å². The van der Waals surface area contributed by atoms with Crippen LogP contribution in [-0.4, -0.2) is 36.9 Å². The van der Waals surface area contributed by atoms with Crippen LogP contribution in [-0.2, 0) is 17.6 Å². The number of amides is 2. The number of carbonyl (C=O) groups is 2. The molecule has 1 aromatic carbocycles. The maximum atomic E-state index is 13.0. The van der Waals surface area contributed by atoms with E-state index in [0.29, 0.717) is 18.0 Å². The number of fused-ring (bicyclic) bond motifs is 1. The average molecular weight is 401 g/mol. The Morgan fingerprint density at radius 3 is 2.64 bits per heavy atom. The standard InChI is InChI=1S/C22H28N2O3S/c1-3-24(15-21(25)23-17-11-8-9-12-18(17)27-2)22(26)20-14-16-10-6-4-5-7-13-19(16)28-20/h8-9,11-12,14H,3-7,10,13,15H2,1-2H3,(H,23,25). The normalized spacial score (nSPS) is 13.8.